The number of aliphatic carboxylic acids is 1. The van der Waals surface area contributed by atoms with Gasteiger partial charge >= 0.3 is 5.97 Å². The third-order valence-electron chi connectivity index (χ3n) is 3.90. The van der Waals surface area contributed by atoms with Gasteiger partial charge in [-0.1, -0.05) is 5.16 Å². The molecule has 0 aromatic carbocycles. The average molecular weight is 208 g/mol. The van der Waals surface area contributed by atoms with Gasteiger partial charge in [0.25, 0.3) is 0 Å². The minimum atomic E-state index is -1.36. The Labute approximate surface area is 86.2 Å². The molecule has 80 valence electrons. The number of aromatic nitrogens is 1. The normalized spacial score (nSPS) is 31.3. The molecule has 0 aliphatic heterocycles. The molecule has 5 nitrogen and oxygen atoms in total. The van der Waals surface area contributed by atoms with Crippen LogP contribution in [0.5, 0.6) is 0 Å². The lowest BCUT2D eigenvalue weighted by atomic mass is 9.70. The molecule has 1 aromatic rings. The Kier molecular flexibility index (Phi) is 1.43. The maximum atomic E-state index is 11.4. The van der Waals surface area contributed by atoms with Crippen molar-refractivity contribution in [3.63, 3.8) is 0 Å². The first kappa shape index (κ1) is 8.91. The van der Waals surface area contributed by atoms with Crippen molar-refractivity contribution in [2.24, 2.45) is 11.1 Å². The fourth-order valence-electron chi connectivity index (χ4n) is 2.69. The van der Waals surface area contributed by atoms with Gasteiger partial charge in [-0.25, -0.2) is 4.79 Å². The third-order valence-corrected chi connectivity index (χ3v) is 3.90. The van der Waals surface area contributed by atoms with Crippen molar-refractivity contribution >= 4 is 5.97 Å². The van der Waals surface area contributed by atoms with Crippen molar-refractivity contribution in [3.8, 4) is 0 Å². The van der Waals surface area contributed by atoms with Gasteiger partial charge in [0, 0.05) is 11.0 Å². The van der Waals surface area contributed by atoms with Gasteiger partial charge in [-0.05, 0) is 25.7 Å². The smallest absolute Gasteiger partial charge is 0.332 e. The van der Waals surface area contributed by atoms with E-state index in [-0.39, 0.29) is 5.41 Å². The molecule has 2 aliphatic carbocycles. The second kappa shape index (κ2) is 2.41. The number of carbonyl (C=O) groups is 1. The summed E-state index contributed by atoms with van der Waals surface area (Å²) < 4.78 is 5.05. The molecule has 3 rings (SSSR count). The quantitative estimate of drug-likeness (QED) is 0.706. The van der Waals surface area contributed by atoms with Crippen LogP contribution in [-0.2, 0) is 16.8 Å². The van der Waals surface area contributed by atoms with E-state index in [0.29, 0.717) is 5.76 Å². The molecule has 0 bridgehead atoms. The highest BCUT2D eigenvalue weighted by Gasteiger charge is 2.66. The summed E-state index contributed by atoms with van der Waals surface area (Å²) in [5.74, 6) is -0.642. The standard InChI is InChI=1S/C10H12N2O3/c11-10(8(13)14)7-6(5-12-15-7)1-2-9(10)3-4-9/h5H,1-4,11H2,(H,13,14). The van der Waals surface area contributed by atoms with Crippen LogP contribution in [0.2, 0.25) is 0 Å². The number of fused-ring (bicyclic) bond motifs is 1. The Morgan fingerprint density at radius 1 is 1.53 bits per heavy atom. The van der Waals surface area contributed by atoms with Gasteiger partial charge in [0.1, 0.15) is 0 Å². The SMILES string of the molecule is NC1(C(=O)O)c2oncc2CCC12CC2. The van der Waals surface area contributed by atoms with E-state index in [0.717, 1.165) is 31.2 Å². The number of hydrogen-bond donors (Lipinski definition) is 2. The van der Waals surface area contributed by atoms with Crippen molar-refractivity contribution in [3.05, 3.63) is 17.5 Å². The van der Waals surface area contributed by atoms with E-state index < -0.39 is 11.5 Å². The second-order valence-electron chi connectivity index (χ2n) is 4.57. The number of aryl methyl sites for hydroxylation is 1. The summed E-state index contributed by atoms with van der Waals surface area (Å²) in [6, 6.07) is 0. The molecule has 1 atom stereocenters. The fraction of sp³-hybridized carbons (Fsp3) is 0.600. The molecule has 1 heterocycles. The van der Waals surface area contributed by atoms with Gasteiger partial charge in [-0.2, -0.15) is 0 Å². The zero-order valence-electron chi connectivity index (χ0n) is 8.19. The molecular weight excluding hydrogens is 196 g/mol. The van der Waals surface area contributed by atoms with E-state index in [1.54, 1.807) is 6.20 Å². The predicted molar refractivity (Wildman–Crippen MR) is 50.0 cm³/mol. The van der Waals surface area contributed by atoms with Gasteiger partial charge in [0.05, 0.1) is 6.20 Å². The Hall–Kier alpha value is -1.36. The second-order valence-corrected chi connectivity index (χ2v) is 4.57. The maximum Gasteiger partial charge on any atom is 0.332 e. The molecule has 1 fully saturated rings. The summed E-state index contributed by atoms with van der Waals surface area (Å²) in [4.78, 5) is 11.4. The van der Waals surface area contributed by atoms with Crippen LogP contribution in [0, 0.1) is 5.41 Å². The number of nitrogens with zero attached hydrogens (tertiary/aromatic N) is 1. The van der Waals surface area contributed by atoms with E-state index in [4.69, 9.17) is 10.3 Å². The summed E-state index contributed by atoms with van der Waals surface area (Å²) in [7, 11) is 0. The van der Waals surface area contributed by atoms with E-state index in [2.05, 4.69) is 5.16 Å². The van der Waals surface area contributed by atoms with Crippen molar-refractivity contribution in [1.29, 1.82) is 0 Å². The highest BCUT2D eigenvalue weighted by Crippen LogP contribution is 2.62. The molecule has 1 saturated carbocycles. The van der Waals surface area contributed by atoms with Crippen LogP contribution in [0.4, 0.5) is 0 Å². The highest BCUT2D eigenvalue weighted by molar-refractivity contribution is 5.82. The first-order valence-corrected chi connectivity index (χ1v) is 5.06. The van der Waals surface area contributed by atoms with E-state index in [1.807, 2.05) is 0 Å². The number of rotatable bonds is 1. The monoisotopic (exact) mass is 208 g/mol. The zero-order valence-corrected chi connectivity index (χ0v) is 8.19. The Morgan fingerprint density at radius 2 is 2.27 bits per heavy atom. The first-order valence-electron chi connectivity index (χ1n) is 5.06. The molecule has 0 saturated heterocycles. The molecular formula is C10H12N2O3. The van der Waals surface area contributed by atoms with Crippen LogP contribution in [0.25, 0.3) is 0 Å². The molecule has 3 N–H and O–H groups in total. The molecule has 1 spiro atoms. The molecule has 1 aromatic heterocycles. The van der Waals surface area contributed by atoms with Crippen molar-refractivity contribution in [1.82, 2.24) is 5.16 Å². The zero-order chi connectivity index (χ0) is 10.7. The Balaban J connectivity index is 2.21. The number of nitrogens with two attached hydrogens (primary N) is 1. The lowest BCUT2D eigenvalue weighted by Gasteiger charge is -2.35. The van der Waals surface area contributed by atoms with Crippen molar-refractivity contribution in [2.45, 2.75) is 31.2 Å². The molecule has 0 amide bonds. The minimum Gasteiger partial charge on any atom is -0.480 e. The summed E-state index contributed by atoms with van der Waals surface area (Å²) in [5, 5.41) is 13.0. The topological polar surface area (TPSA) is 89.4 Å². The summed E-state index contributed by atoms with van der Waals surface area (Å²) in [5.41, 5.74) is 5.26. The fourth-order valence-corrected chi connectivity index (χ4v) is 2.69. The highest BCUT2D eigenvalue weighted by atomic mass is 16.5. The summed E-state index contributed by atoms with van der Waals surface area (Å²) in [6.07, 6.45) is 4.97. The van der Waals surface area contributed by atoms with Gasteiger partial charge in [-0.15, -0.1) is 0 Å². The van der Waals surface area contributed by atoms with Crippen molar-refractivity contribution in [2.75, 3.05) is 0 Å². The summed E-state index contributed by atoms with van der Waals surface area (Å²) >= 11 is 0. The van der Waals surface area contributed by atoms with E-state index in [9.17, 15) is 9.90 Å². The number of carboxylic acids is 1. The van der Waals surface area contributed by atoms with Crippen LogP contribution in [0.1, 0.15) is 30.6 Å². The van der Waals surface area contributed by atoms with Gasteiger partial charge < -0.3 is 15.4 Å². The first-order chi connectivity index (χ1) is 7.10. The molecule has 2 aliphatic rings. The molecule has 15 heavy (non-hydrogen) atoms. The Morgan fingerprint density at radius 3 is 2.87 bits per heavy atom. The van der Waals surface area contributed by atoms with Gasteiger partial charge in [0.15, 0.2) is 11.3 Å². The van der Waals surface area contributed by atoms with Crippen molar-refractivity contribution < 1.29 is 14.4 Å². The largest absolute Gasteiger partial charge is 0.480 e. The summed E-state index contributed by atoms with van der Waals surface area (Å²) in [6.45, 7) is 0. The predicted octanol–water partition coefficient (Wildman–Crippen LogP) is 0.640. The minimum absolute atomic E-state index is 0.286. The van der Waals surface area contributed by atoms with Crippen LogP contribution in [0.15, 0.2) is 10.7 Å². The Bertz CT molecular complexity index is 436. The molecule has 5 heteroatoms. The lowest BCUT2D eigenvalue weighted by Crippen LogP contribution is -2.54. The number of carboxylic acid groups (broad SMARTS) is 1. The van der Waals surface area contributed by atoms with E-state index in [1.165, 1.54) is 0 Å². The van der Waals surface area contributed by atoms with E-state index >= 15 is 0 Å². The third kappa shape index (κ3) is 0.866. The van der Waals surface area contributed by atoms with Gasteiger partial charge in [-0.3, -0.25) is 0 Å². The molecule has 0 radical (unpaired) electrons. The lowest BCUT2D eigenvalue weighted by molar-refractivity contribution is -0.148. The van der Waals surface area contributed by atoms with Gasteiger partial charge in [0.2, 0.25) is 0 Å². The van der Waals surface area contributed by atoms with Crippen LogP contribution in [-0.4, -0.2) is 16.2 Å². The maximum absolute atomic E-state index is 11.4. The number of hydrogen-bond acceptors (Lipinski definition) is 4. The van der Waals surface area contributed by atoms with Crippen LogP contribution in [0.3, 0.4) is 0 Å². The molecule has 1 unspecified atom stereocenters. The van der Waals surface area contributed by atoms with Crippen LogP contribution >= 0.6 is 0 Å². The van der Waals surface area contributed by atoms with Crippen LogP contribution < -0.4 is 5.73 Å². The average Bonchev–Trinajstić information content (AvgIpc) is 2.82.